The maximum absolute atomic E-state index is 12.6. The summed E-state index contributed by atoms with van der Waals surface area (Å²) in [5.41, 5.74) is 13.9. The van der Waals surface area contributed by atoms with Gasteiger partial charge in [-0.1, -0.05) is 21.6 Å². The molecule has 36 heavy (non-hydrogen) atoms. The Kier molecular flexibility index (Phi) is 9.25. The normalized spacial score (nSPS) is 11.7. The van der Waals surface area contributed by atoms with E-state index < -0.39 is 17.9 Å². The molecule has 6 N–H and O–H groups in total. The molecule has 3 aromatic rings. The summed E-state index contributed by atoms with van der Waals surface area (Å²) in [6.45, 7) is 0.391. The van der Waals surface area contributed by atoms with Gasteiger partial charge in [0.05, 0.1) is 24.2 Å². The highest BCUT2D eigenvalue weighted by molar-refractivity contribution is 8.76. The number of nitrogens with zero attached hydrogens (tertiary/aromatic N) is 5. The molecule has 1 atom stereocenters. The van der Waals surface area contributed by atoms with E-state index in [0.29, 0.717) is 34.7 Å². The van der Waals surface area contributed by atoms with Crippen molar-refractivity contribution in [2.24, 2.45) is 0 Å². The van der Waals surface area contributed by atoms with Crippen LogP contribution in [0.3, 0.4) is 0 Å². The van der Waals surface area contributed by atoms with E-state index >= 15 is 0 Å². The SMILES string of the molecule is CSSCC(=O)CC[C@H](NC(=O)c1ccc(N(C)Cc2cnc3nc(N)nc(N)c3n2)cc1)C(=O)O. The number of aliphatic carboxylic acids is 1. The van der Waals surface area contributed by atoms with Crippen LogP contribution in [-0.4, -0.2) is 67.8 Å². The number of nitrogens with two attached hydrogens (primary N) is 2. The summed E-state index contributed by atoms with van der Waals surface area (Å²) in [4.78, 5) is 54.5. The molecule has 0 unspecified atom stereocenters. The second kappa shape index (κ2) is 12.4. The molecule has 3 rings (SSSR count). The van der Waals surface area contributed by atoms with Crippen LogP contribution in [0.5, 0.6) is 0 Å². The number of benzene rings is 1. The zero-order chi connectivity index (χ0) is 26.2. The topological polar surface area (TPSA) is 190 Å². The van der Waals surface area contributed by atoms with E-state index in [2.05, 4.69) is 25.3 Å². The van der Waals surface area contributed by atoms with Gasteiger partial charge in [0.15, 0.2) is 17.0 Å². The van der Waals surface area contributed by atoms with E-state index in [9.17, 15) is 19.5 Å². The molecule has 0 radical (unpaired) electrons. The summed E-state index contributed by atoms with van der Waals surface area (Å²) in [6.07, 6.45) is 3.55. The number of ketones is 1. The molecule has 0 saturated carbocycles. The lowest BCUT2D eigenvalue weighted by Gasteiger charge is -2.19. The summed E-state index contributed by atoms with van der Waals surface area (Å²) in [5.74, 6) is -1.30. The zero-order valence-electron chi connectivity index (χ0n) is 19.7. The number of nitrogen functional groups attached to an aromatic ring is 2. The molecule has 0 saturated heterocycles. The number of Topliss-reactive ketones (excluding diaryl/α,β-unsaturated/α-hetero) is 1. The molecule has 14 heteroatoms. The van der Waals surface area contributed by atoms with Crippen LogP contribution < -0.4 is 21.7 Å². The van der Waals surface area contributed by atoms with Crippen LogP contribution in [0.2, 0.25) is 0 Å². The fourth-order valence-electron chi connectivity index (χ4n) is 3.26. The van der Waals surface area contributed by atoms with E-state index in [-0.39, 0.29) is 30.4 Å². The Bertz CT molecular complexity index is 1260. The number of hydrogen-bond acceptors (Lipinski definition) is 12. The third kappa shape index (κ3) is 7.18. The van der Waals surface area contributed by atoms with E-state index in [1.165, 1.54) is 21.6 Å². The average Bonchev–Trinajstić information content (AvgIpc) is 2.85. The van der Waals surface area contributed by atoms with Gasteiger partial charge in [0, 0.05) is 24.7 Å². The maximum atomic E-state index is 12.6. The summed E-state index contributed by atoms with van der Waals surface area (Å²) in [5, 5.41) is 11.9. The van der Waals surface area contributed by atoms with Crippen molar-refractivity contribution in [3.05, 3.63) is 41.7 Å². The van der Waals surface area contributed by atoms with Crippen molar-refractivity contribution in [2.45, 2.75) is 25.4 Å². The maximum Gasteiger partial charge on any atom is 0.326 e. The van der Waals surface area contributed by atoms with Gasteiger partial charge in [0.2, 0.25) is 5.95 Å². The first-order chi connectivity index (χ1) is 17.2. The zero-order valence-corrected chi connectivity index (χ0v) is 21.3. The van der Waals surface area contributed by atoms with Crippen molar-refractivity contribution >= 4 is 67.9 Å². The van der Waals surface area contributed by atoms with Gasteiger partial charge in [0.1, 0.15) is 11.8 Å². The number of rotatable bonds is 12. The Morgan fingerprint density at radius 2 is 1.86 bits per heavy atom. The first kappa shape index (κ1) is 26.9. The number of nitrogens with one attached hydrogen (secondary N) is 1. The van der Waals surface area contributed by atoms with E-state index in [1.54, 1.807) is 30.5 Å². The fraction of sp³-hybridized carbons (Fsp3) is 0.318. The van der Waals surface area contributed by atoms with Gasteiger partial charge in [-0.15, -0.1) is 0 Å². The molecule has 0 bridgehead atoms. The van der Waals surface area contributed by atoms with Crippen LogP contribution >= 0.6 is 21.6 Å². The molecule has 2 heterocycles. The lowest BCUT2D eigenvalue weighted by molar-refractivity contribution is -0.139. The number of fused-ring (bicyclic) bond motifs is 1. The Morgan fingerprint density at radius 1 is 1.14 bits per heavy atom. The number of carboxylic acids is 1. The van der Waals surface area contributed by atoms with Gasteiger partial charge >= 0.3 is 5.97 Å². The lowest BCUT2D eigenvalue weighted by atomic mass is 10.1. The highest BCUT2D eigenvalue weighted by Crippen LogP contribution is 2.19. The molecular weight excluding hydrogens is 504 g/mol. The van der Waals surface area contributed by atoms with Crippen molar-refractivity contribution in [2.75, 3.05) is 35.4 Å². The molecule has 0 fully saturated rings. The third-order valence-electron chi connectivity index (χ3n) is 5.12. The van der Waals surface area contributed by atoms with Crippen LogP contribution in [-0.2, 0) is 16.1 Å². The second-order valence-electron chi connectivity index (χ2n) is 7.77. The number of hydrogen-bond donors (Lipinski definition) is 4. The molecule has 0 spiro atoms. The minimum absolute atomic E-state index is 0.0247. The molecule has 1 amide bonds. The number of anilines is 3. The van der Waals surface area contributed by atoms with Crippen molar-refractivity contribution in [3.8, 4) is 0 Å². The Morgan fingerprint density at radius 3 is 2.53 bits per heavy atom. The van der Waals surface area contributed by atoms with Gasteiger partial charge in [-0.05, 0) is 36.9 Å². The summed E-state index contributed by atoms with van der Waals surface area (Å²) in [6, 6.07) is 5.52. The smallest absolute Gasteiger partial charge is 0.326 e. The van der Waals surface area contributed by atoms with E-state index in [1.807, 2.05) is 18.2 Å². The highest BCUT2D eigenvalue weighted by Gasteiger charge is 2.22. The summed E-state index contributed by atoms with van der Waals surface area (Å²) in [7, 11) is 4.71. The Labute approximate surface area is 215 Å². The fourth-order valence-corrected chi connectivity index (χ4v) is 4.40. The predicted molar refractivity (Wildman–Crippen MR) is 142 cm³/mol. The molecule has 12 nitrogen and oxygen atoms in total. The van der Waals surface area contributed by atoms with Crippen LogP contribution in [0, 0.1) is 0 Å². The van der Waals surface area contributed by atoms with Crippen LogP contribution in [0.15, 0.2) is 30.5 Å². The lowest BCUT2D eigenvalue weighted by Crippen LogP contribution is -2.41. The minimum Gasteiger partial charge on any atom is -0.480 e. The first-order valence-corrected chi connectivity index (χ1v) is 13.5. The Hall–Kier alpha value is -3.65. The Balaban J connectivity index is 1.62. The van der Waals surface area contributed by atoms with Crippen molar-refractivity contribution in [1.29, 1.82) is 0 Å². The quantitative estimate of drug-likeness (QED) is 0.248. The standard InChI is InChI=1S/C22H26N8O4S2/c1-30(10-13-9-25-19-17(26-13)18(23)28-22(24)29-19)14-5-3-12(4-6-14)20(32)27-16(21(33)34)8-7-15(31)11-36-35-2/h3-6,9,16H,7-8,10-11H2,1-2H3,(H,27,32)(H,33,34)(H4,23,24,25,28,29)/t16-/m0/s1. The van der Waals surface area contributed by atoms with Gasteiger partial charge in [-0.3, -0.25) is 9.59 Å². The predicted octanol–water partition coefficient (Wildman–Crippen LogP) is 1.76. The second-order valence-corrected chi connectivity index (χ2v) is 10.3. The molecule has 0 aliphatic carbocycles. The van der Waals surface area contributed by atoms with Crippen molar-refractivity contribution in [1.82, 2.24) is 25.3 Å². The number of amides is 1. The monoisotopic (exact) mass is 530 g/mol. The summed E-state index contributed by atoms with van der Waals surface area (Å²) >= 11 is 0. The molecule has 0 aliphatic heterocycles. The average molecular weight is 531 g/mol. The third-order valence-corrected chi connectivity index (χ3v) is 6.86. The van der Waals surface area contributed by atoms with Crippen LogP contribution in [0.4, 0.5) is 17.5 Å². The van der Waals surface area contributed by atoms with E-state index in [4.69, 9.17) is 11.5 Å². The highest BCUT2D eigenvalue weighted by atomic mass is 33.1. The van der Waals surface area contributed by atoms with Crippen molar-refractivity contribution in [3.63, 3.8) is 0 Å². The summed E-state index contributed by atoms with van der Waals surface area (Å²) < 4.78 is 0. The molecule has 0 aliphatic rings. The van der Waals surface area contributed by atoms with Crippen molar-refractivity contribution < 1.29 is 19.5 Å². The molecular formula is C22H26N8O4S2. The minimum atomic E-state index is -1.18. The first-order valence-electron chi connectivity index (χ1n) is 10.7. The number of carbonyl (C=O) groups is 3. The van der Waals surface area contributed by atoms with Gasteiger partial charge < -0.3 is 26.8 Å². The number of carboxylic acid groups (broad SMARTS) is 1. The van der Waals surface area contributed by atoms with Crippen LogP contribution in [0.25, 0.3) is 11.2 Å². The molecule has 190 valence electrons. The number of aromatic nitrogens is 4. The van der Waals surface area contributed by atoms with Crippen LogP contribution in [0.1, 0.15) is 28.9 Å². The number of carbonyl (C=O) groups excluding carboxylic acids is 2. The van der Waals surface area contributed by atoms with E-state index in [0.717, 1.165) is 5.69 Å². The molecule has 1 aromatic carbocycles. The largest absolute Gasteiger partial charge is 0.480 e. The van der Waals surface area contributed by atoms with Gasteiger partial charge in [-0.25, -0.2) is 14.8 Å². The van der Waals surface area contributed by atoms with Gasteiger partial charge in [-0.2, -0.15) is 9.97 Å². The molecule has 2 aromatic heterocycles. The van der Waals surface area contributed by atoms with Gasteiger partial charge in [0.25, 0.3) is 5.91 Å².